The second-order valence-corrected chi connectivity index (χ2v) is 5.40. The van der Waals surface area contributed by atoms with Gasteiger partial charge in [0.05, 0.1) is 5.92 Å². The molecule has 1 atom stereocenters. The number of nitrogens with zero attached hydrogens (tertiary/aromatic N) is 5. The Hall–Kier alpha value is -2.09. The minimum absolute atomic E-state index is 0.0117. The van der Waals surface area contributed by atoms with E-state index in [1.165, 1.54) is 11.3 Å². The van der Waals surface area contributed by atoms with E-state index in [4.69, 9.17) is 0 Å². The van der Waals surface area contributed by atoms with Gasteiger partial charge in [-0.1, -0.05) is 11.3 Å². The average molecular weight is 290 g/mol. The van der Waals surface area contributed by atoms with Crippen molar-refractivity contribution in [3.8, 4) is 0 Å². The van der Waals surface area contributed by atoms with Gasteiger partial charge in [0, 0.05) is 25.5 Å². The minimum Gasteiger partial charge on any atom is -0.340 e. The maximum atomic E-state index is 12.2. The van der Waals surface area contributed by atoms with Crippen molar-refractivity contribution in [2.24, 2.45) is 5.92 Å². The fourth-order valence-corrected chi connectivity index (χ4v) is 2.71. The normalized spacial score (nSPS) is 18.8. The van der Waals surface area contributed by atoms with Crippen molar-refractivity contribution in [2.75, 3.05) is 23.3 Å². The summed E-state index contributed by atoms with van der Waals surface area (Å²) in [7, 11) is 0. The van der Waals surface area contributed by atoms with Crippen LogP contribution in [0.25, 0.3) is 0 Å². The van der Waals surface area contributed by atoms with Gasteiger partial charge in [-0.15, -0.1) is 10.2 Å². The topological polar surface area (TPSA) is 83.9 Å². The van der Waals surface area contributed by atoms with Gasteiger partial charge in [-0.05, 0) is 18.9 Å². The minimum atomic E-state index is -0.0727. The molecule has 1 N–H and O–H groups in total. The zero-order valence-electron chi connectivity index (χ0n) is 10.8. The van der Waals surface area contributed by atoms with Crippen molar-refractivity contribution in [3.63, 3.8) is 0 Å². The van der Waals surface area contributed by atoms with Gasteiger partial charge in [-0.2, -0.15) is 0 Å². The van der Waals surface area contributed by atoms with Crippen LogP contribution >= 0.6 is 11.3 Å². The van der Waals surface area contributed by atoms with Crippen LogP contribution in [-0.4, -0.2) is 39.2 Å². The summed E-state index contributed by atoms with van der Waals surface area (Å²) in [5.41, 5.74) is 1.60. The molecule has 3 rings (SSSR count). The summed E-state index contributed by atoms with van der Waals surface area (Å²) in [4.78, 5) is 22.7. The van der Waals surface area contributed by atoms with Crippen molar-refractivity contribution >= 4 is 28.3 Å². The quantitative estimate of drug-likeness (QED) is 0.914. The molecule has 1 aliphatic heterocycles. The highest BCUT2D eigenvalue weighted by molar-refractivity contribution is 7.13. The molecule has 2 aromatic heterocycles. The zero-order chi connectivity index (χ0) is 13.8. The van der Waals surface area contributed by atoms with E-state index in [-0.39, 0.29) is 11.8 Å². The first kappa shape index (κ1) is 12.9. The smallest absolute Gasteiger partial charge is 0.231 e. The highest BCUT2D eigenvalue weighted by Crippen LogP contribution is 2.21. The molecule has 104 valence electrons. The van der Waals surface area contributed by atoms with Crippen molar-refractivity contribution in [1.29, 1.82) is 0 Å². The van der Waals surface area contributed by atoms with Crippen molar-refractivity contribution in [3.05, 3.63) is 24.0 Å². The molecule has 1 amide bonds. The summed E-state index contributed by atoms with van der Waals surface area (Å²) in [5.74, 6) is 0.597. The van der Waals surface area contributed by atoms with Gasteiger partial charge in [-0.25, -0.2) is 9.97 Å². The molecule has 20 heavy (non-hydrogen) atoms. The first-order chi connectivity index (χ1) is 9.83. The molecule has 0 spiro atoms. The Kier molecular flexibility index (Phi) is 3.82. The largest absolute Gasteiger partial charge is 0.340 e. The van der Waals surface area contributed by atoms with E-state index >= 15 is 0 Å². The van der Waals surface area contributed by atoms with Crippen LogP contribution in [0.1, 0.15) is 12.8 Å². The SMILES string of the molecule is O=C(Nc1nncs1)C1CCCN(c2ncccn2)C1. The van der Waals surface area contributed by atoms with E-state index in [0.29, 0.717) is 17.6 Å². The fraction of sp³-hybridized carbons (Fsp3) is 0.417. The van der Waals surface area contributed by atoms with E-state index in [9.17, 15) is 4.79 Å². The summed E-state index contributed by atoms with van der Waals surface area (Å²) in [6.45, 7) is 1.52. The maximum absolute atomic E-state index is 12.2. The van der Waals surface area contributed by atoms with Gasteiger partial charge in [-0.3, -0.25) is 4.79 Å². The number of amides is 1. The fourth-order valence-electron chi connectivity index (χ4n) is 2.26. The van der Waals surface area contributed by atoms with Crippen LogP contribution in [0.2, 0.25) is 0 Å². The Bertz CT molecular complexity index is 561. The second-order valence-electron chi connectivity index (χ2n) is 4.57. The van der Waals surface area contributed by atoms with E-state index in [1.807, 2.05) is 4.90 Å². The predicted octanol–water partition coefficient (Wildman–Crippen LogP) is 1.18. The molecule has 3 heterocycles. The number of piperidine rings is 1. The van der Waals surface area contributed by atoms with Gasteiger partial charge in [0.2, 0.25) is 17.0 Å². The second kappa shape index (κ2) is 5.91. The molecule has 1 aliphatic rings. The number of aromatic nitrogens is 4. The lowest BCUT2D eigenvalue weighted by Gasteiger charge is -2.31. The molecule has 1 saturated heterocycles. The molecule has 0 radical (unpaired) electrons. The van der Waals surface area contributed by atoms with Crippen LogP contribution in [0.15, 0.2) is 24.0 Å². The van der Waals surface area contributed by atoms with Gasteiger partial charge in [0.25, 0.3) is 0 Å². The molecular weight excluding hydrogens is 276 g/mol. The zero-order valence-corrected chi connectivity index (χ0v) is 11.6. The highest BCUT2D eigenvalue weighted by atomic mass is 32.1. The van der Waals surface area contributed by atoms with Crippen LogP contribution in [0.4, 0.5) is 11.1 Å². The molecule has 0 aromatic carbocycles. The monoisotopic (exact) mass is 290 g/mol. The Balaban J connectivity index is 1.64. The van der Waals surface area contributed by atoms with E-state index in [2.05, 4.69) is 25.5 Å². The third kappa shape index (κ3) is 2.90. The lowest BCUT2D eigenvalue weighted by molar-refractivity contribution is -0.120. The molecule has 7 nitrogen and oxygen atoms in total. The molecular formula is C12H14N6OS. The predicted molar refractivity (Wildman–Crippen MR) is 75.5 cm³/mol. The first-order valence-corrected chi connectivity index (χ1v) is 7.30. The number of rotatable bonds is 3. The van der Waals surface area contributed by atoms with Gasteiger partial charge in [0.1, 0.15) is 5.51 Å². The highest BCUT2D eigenvalue weighted by Gasteiger charge is 2.27. The van der Waals surface area contributed by atoms with E-state index < -0.39 is 0 Å². The van der Waals surface area contributed by atoms with E-state index in [1.54, 1.807) is 24.0 Å². The van der Waals surface area contributed by atoms with Gasteiger partial charge < -0.3 is 10.2 Å². The number of carbonyl (C=O) groups is 1. The molecule has 0 aliphatic carbocycles. The average Bonchev–Trinajstić information content (AvgIpc) is 3.01. The van der Waals surface area contributed by atoms with E-state index in [0.717, 1.165) is 19.4 Å². The van der Waals surface area contributed by atoms with Gasteiger partial charge >= 0.3 is 0 Å². The number of hydrogen-bond acceptors (Lipinski definition) is 7. The number of hydrogen-bond donors (Lipinski definition) is 1. The molecule has 1 fully saturated rings. The van der Waals surface area contributed by atoms with Crippen molar-refractivity contribution in [1.82, 2.24) is 20.2 Å². The third-order valence-electron chi connectivity index (χ3n) is 3.22. The summed E-state index contributed by atoms with van der Waals surface area (Å²) < 4.78 is 0. The van der Waals surface area contributed by atoms with Crippen LogP contribution < -0.4 is 10.2 Å². The lowest BCUT2D eigenvalue weighted by Crippen LogP contribution is -2.41. The Morgan fingerprint density at radius 2 is 2.25 bits per heavy atom. The molecule has 1 unspecified atom stereocenters. The molecule has 2 aromatic rings. The molecule has 0 bridgehead atoms. The van der Waals surface area contributed by atoms with Crippen LogP contribution in [0, 0.1) is 5.92 Å². The third-order valence-corrected chi connectivity index (χ3v) is 3.82. The standard InChI is InChI=1S/C12H14N6OS/c19-10(16-12-17-15-8-20-12)9-3-1-6-18(7-9)11-13-4-2-5-14-11/h2,4-5,8-9H,1,3,6-7H2,(H,16,17,19). The number of nitrogens with one attached hydrogen (secondary N) is 1. The molecule has 8 heteroatoms. The number of anilines is 2. The Morgan fingerprint density at radius 1 is 1.40 bits per heavy atom. The Morgan fingerprint density at radius 3 is 3.00 bits per heavy atom. The first-order valence-electron chi connectivity index (χ1n) is 6.42. The van der Waals surface area contributed by atoms with Crippen LogP contribution in [-0.2, 0) is 4.79 Å². The van der Waals surface area contributed by atoms with Crippen molar-refractivity contribution < 1.29 is 4.79 Å². The van der Waals surface area contributed by atoms with Crippen LogP contribution in [0.5, 0.6) is 0 Å². The summed E-state index contributed by atoms with van der Waals surface area (Å²) in [5, 5.41) is 10.9. The molecule has 0 saturated carbocycles. The number of carbonyl (C=O) groups excluding carboxylic acids is 1. The maximum Gasteiger partial charge on any atom is 0.231 e. The van der Waals surface area contributed by atoms with Gasteiger partial charge in [0.15, 0.2) is 0 Å². The van der Waals surface area contributed by atoms with Crippen LogP contribution in [0.3, 0.4) is 0 Å². The summed E-state index contributed by atoms with van der Waals surface area (Å²) in [6.07, 6.45) is 5.25. The summed E-state index contributed by atoms with van der Waals surface area (Å²) in [6, 6.07) is 1.78. The van der Waals surface area contributed by atoms with Crippen molar-refractivity contribution in [2.45, 2.75) is 12.8 Å². The lowest BCUT2D eigenvalue weighted by atomic mass is 9.97. The Labute approximate surface area is 120 Å². The summed E-state index contributed by atoms with van der Waals surface area (Å²) >= 11 is 1.32.